The lowest BCUT2D eigenvalue weighted by atomic mass is 10.3. The molecule has 0 bridgehead atoms. The van der Waals surface area contributed by atoms with E-state index in [0.29, 0.717) is 18.0 Å². The van der Waals surface area contributed by atoms with Crippen molar-refractivity contribution in [3.8, 4) is 5.88 Å². The Morgan fingerprint density at radius 2 is 2.29 bits per heavy atom. The molecule has 0 radical (unpaired) electrons. The standard InChI is InChI=1S/C10H10N2O2/c1-2-14-9-4-3-7-10(12-9)8(13)5-6-11-7/h3-6H,2H2,1H3,(H,11,13). The first-order chi connectivity index (χ1) is 6.81. The quantitative estimate of drug-likeness (QED) is 0.777. The molecule has 0 aliphatic carbocycles. The van der Waals surface area contributed by atoms with Crippen molar-refractivity contribution in [3.05, 3.63) is 34.6 Å². The van der Waals surface area contributed by atoms with Crippen LogP contribution in [0.3, 0.4) is 0 Å². The Hall–Kier alpha value is -1.84. The Kier molecular flexibility index (Phi) is 2.18. The minimum Gasteiger partial charge on any atom is -0.478 e. The summed E-state index contributed by atoms with van der Waals surface area (Å²) in [7, 11) is 0. The molecule has 4 nitrogen and oxygen atoms in total. The van der Waals surface area contributed by atoms with Crippen LogP contribution in [-0.4, -0.2) is 16.6 Å². The van der Waals surface area contributed by atoms with Crippen molar-refractivity contribution in [1.29, 1.82) is 0 Å². The molecule has 0 unspecified atom stereocenters. The molecule has 4 heteroatoms. The van der Waals surface area contributed by atoms with E-state index in [2.05, 4.69) is 9.97 Å². The van der Waals surface area contributed by atoms with Gasteiger partial charge >= 0.3 is 0 Å². The first kappa shape index (κ1) is 8.74. The van der Waals surface area contributed by atoms with E-state index in [-0.39, 0.29) is 5.43 Å². The molecule has 0 amide bonds. The van der Waals surface area contributed by atoms with Gasteiger partial charge in [-0.1, -0.05) is 0 Å². The number of fused-ring (bicyclic) bond motifs is 1. The number of rotatable bonds is 2. The summed E-state index contributed by atoms with van der Waals surface area (Å²) in [5.41, 5.74) is 1.04. The summed E-state index contributed by atoms with van der Waals surface area (Å²) >= 11 is 0. The molecule has 1 N–H and O–H groups in total. The van der Waals surface area contributed by atoms with Crippen LogP contribution in [0.25, 0.3) is 11.0 Å². The largest absolute Gasteiger partial charge is 0.478 e. The van der Waals surface area contributed by atoms with Gasteiger partial charge in [-0.05, 0) is 13.0 Å². The van der Waals surface area contributed by atoms with E-state index < -0.39 is 0 Å². The smallest absolute Gasteiger partial charge is 0.214 e. The Labute approximate surface area is 80.6 Å². The minimum absolute atomic E-state index is 0.0969. The van der Waals surface area contributed by atoms with Crippen LogP contribution in [0.4, 0.5) is 0 Å². The maximum Gasteiger partial charge on any atom is 0.214 e. The Morgan fingerprint density at radius 1 is 1.43 bits per heavy atom. The van der Waals surface area contributed by atoms with Crippen molar-refractivity contribution in [1.82, 2.24) is 9.97 Å². The molecular weight excluding hydrogens is 180 g/mol. The van der Waals surface area contributed by atoms with Gasteiger partial charge in [0.2, 0.25) is 11.3 Å². The lowest BCUT2D eigenvalue weighted by molar-refractivity contribution is 0.328. The average molecular weight is 190 g/mol. The van der Waals surface area contributed by atoms with Gasteiger partial charge in [-0.2, -0.15) is 0 Å². The van der Waals surface area contributed by atoms with Crippen LogP contribution in [0, 0.1) is 0 Å². The molecule has 0 fully saturated rings. The molecule has 0 saturated heterocycles. The van der Waals surface area contributed by atoms with Crippen LogP contribution in [0.1, 0.15) is 6.92 Å². The second-order valence-corrected chi connectivity index (χ2v) is 2.82. The number of nitrogens with one attached hydrogen (secondary N) is 1. The molecule has 0 aromatic carbocycles. The Morgan fingerprint density at radius 3 is 3.07 bits per heavy atom. The number of hydrogen-bond acceptors (Lipinski definition) is 3. The van der Waals surface area contributed by atoms with Gasteiger partial charge in [0.05, 0.1) is 12.1 Å². The van der Waals surface area contributed by atoms with Gasteiger partial charge in [-0.25, -0.2) is 4.98 Å². The topological polar surface area (TPSA) is 55.0 Å². The van der Waals surface area contributed by atoms with E-state index in [1.807, 2.05) is 6.92 Å². The summed E-state index contributed by atoms with van der Waals surface area (Å²) in [6.07, 6.45) is 1.60. The summed E-state index contributed by atoms with van der Waals surface area (Å²) in [5, 5.41) is 0. The van der Waals surface area contributed by atoms with E-state index in [4.69, 9.17) is 4.74 Å². The van der Waals surface area contributed by atoms with Crippen LogP contribution in [-0.2, 0) is 0 Å². The molecule has 0 aliphatic heterocycles. The third-order valence-electron chi connectivity index (χ3n) is 1.87. The van der Waals surface area contributed by atoms with Gasteiger partial charge in [-0.15, -0.1) is 0 Å². The molecule has 2 heterocycles. The molecule has 2 rings (SSSR count). The highest BCUT2D eigenvalue weighted by Crippen LogP contribution is 2.10. The van der Waals surface area contributed by atoms with E-state index in [0.717, 1.165) is 5.52 Å². The van der Waals surface area contributed by atoms with Crippen LogP contribution < -0.4 is 10.2 Å². The molecule has 72 valence electrons. The number of nitrogens with zero attached hydrogens (tertiary/aromatic N) is 1. The van der Waals surface area contributed by atoms with Gasteiger partial charge in [0.15, 0.2) is 0 Å². The highest BCUT2D eigenvalue weighted by Gasteiger charge is 2.01. The monoisotopic (exact) mass is 190 g/mol. The van der Waals surface area contributed by atoms with Crippen molar-refractivity contribution >= 4 is 11.0 Å². The van der Waals surface area contributed by atoms with Crippen molar-refractivity contribution in [3.63, 3.8) is 0 Å². The summed E-state index contributed by atoms with van der Waals surface area (Å²) in [5.74, 6) is 0.483. The van der Waals surface area contributed by atoms with Gasteiger partial charge in [0.25, 0.3) is 0 Å². The summed E-state index contributed by atoms with van der Waals surface area (Å²) in [6.45, 7) is 2.42. The van der Waals surface area contributed by atoms with Gasteiger partial charge < -0.3 is 9.72 Å². The predicted octanol–water partition coefficient (Wildman–Crippen LogP) is 1.32. The summed E-state index contributed by atoms with van der Waals surface area (Å²) in [6, 6.07) is 4.97. The molecule has 2 aromatic heterocycles. The molecule has 0 aliphatic rings. The molecular formula is C10H10N2O2. The maximum atomic E-state index is 11.4. The number of H-pyrrole nitrogens is 1. The third-order valence-corrected chi connectivity index (χ3v) is 1.87. The molecule has 0 spiro atoms. The highest BCUT2D eigenvalue weighted by atomic mass is 16.5. The zero-order valence-corrected chi connectivity index (χ0v) is 7.78. The van der Waals surface area contributed by atoms with Crippen molar-refractivity contribution in [2.24, 2.45) is 0 Å². The molecule has 0 saturated carbocycles. The second-order valence-electron chi connectivity index (χ2n) is 2.82. The lowest BCUT2D eigenvalue weighted by Crippen LogP contribution is -2.04. The average Bonchev–Trinajstić information content (AvgIpc) is 2.20. The Bertz CT molecular complexity index is 505. The van der Waals surface area contributed by atoms with Gasteiger partial charge in [0.1, 0.15) is 5.52 Å². The van der Waals surface area contributed by atoms with Crippen LogP contribution >= 0.6 is 0 Å². The molecule has 2 aromatic rings. The maximum absolute atomic E-state index is 11.4. The predicted molar refractivity (Wildman–Crippen MR) is 53.5 cm³/mol. The van der Waals surface area contributed by atoms with Gasteiger partial charge in [0, 0.05) is 18.3 Å². The van der Waals surface area contributed by atoms with Crippen molar-refractivity contribution < 1.29 is 4.74 Å². The molecule has 0 atom stereocenters. The fraction of sp³-hybridized carbons (Fsp3) is 0.200. The highest BCUT2D eigenvalue weighted by molar-refractivity contribution is 5.73. The third kappa shape index (κ3) is 1.46. The minimum atomic E-state index is -0.0969. The SMILES string of the molecule is CCOc1ccc2[nH]ccc(=O)c2n1. The first-order valence-corrected chi connectivity index (χ1v) is 4.42. The van der Waals surface area contributed by atoms with E-state index in [1.165, 1.54) is 6.07 Å². The molecule has 14 heavy (non-hydrogen) atoms. The Balaban J connectivity index is 2.64. The first-order valence-electron chi connectivity index (χ1n) is 4.42. The second kappa shape index (κ2) is 3.49. The zero-order chi connectivity index (χ0) is 9.97. The van der Waals surface area contributed by atoms with E-state index >= 15 is 0 Å². The summed E-state index contributed by atoms with van der Waals surface area (Å²) < 4.78 is 5.21. The van der Waals surface area contributed by atoms with E-state index in [1.54, 1.807) is 18.3 Å². The van der Waals surface area contributed by atoms with Crippen molar-refractivity contribution in [2.45, 2.75) is 6.92 Å². The normalized spacial score (nSPS) is 10.4. The number of aromatic nitrogens is 2. The number of hydrogen-bond donors (Lipinski definition) is 1. The van der Waals surface area contributed by atoms with Gasteiger partial charge in [-0.3, -0.25) is 4.79 Å². The van der Waals surface area contributed by atoms with Crippen LogP contribution in [0.5, 0.6) is 5.88 Å². The fourth-order valence-corrected chi connectivity index (χ4v) is 1.26. The lowest BCUT2D eigenvalue weighted by Gasteiger charge is -2.02. The van der Waals surface area contributed by atoms with Crippen LogP contribution in [0.2, 0.25) is 0 Å². The van der Waals surface area contributed by atoms with Crippen LogP contribution in [0.15, 0.2) is 29.2 Å². The summed E-state index contributed by atoms with van der Waals surface area (Å²) in [4.78, 5) is 18.4. The number of pyridine rings is 2. The zero-order valence-electron chi connectivity index (χ0n) is 7.78. The number of ether oxygens (including phenoxy) is 1. The van der Waals surface area contributed by atoms with Crippen molar-refractivity contribution in [2.75, 3.05) is 6.61 Å². The number of aromatic amines is 1. The fourth-order valence-electron chi connectivity index (χ4n) is 1.26. The van der Waals surface area contributed by atoms with E-state index in [9.17, 15) is 4.79 Å².